The van der Waals surface area contributed by atoms with Crippen molar-refractivity contribution in [1.82, 2.24) is 9.80 Å². The molecule has 1 aliphatic rings. The molecule has 1 amide bonds. The molecule has 0 atom stereocenters. The average Bonchev–Trinajstić information content (AvgIpc) is 2.18. The van der Waals surface area contributed by atoms with Crippen molar-refractivity contribution >= 4 is 5.91 Å². The summed E-state index contributed by atoms with van der Waals surface area (Å²) < 4.78 is 0. The van der Waals surface area contributed by atoms with E-state index in [1.807, 2.05) is 18.7 Å². The maximum Gasteiger partial charge on any atom is 0.225 e. The number of rotatable bonds is 3. The van der Waals surface area contributed by atoms with Gasteiger partial charge in [0.05, 0.1) is 6.61 Å². The van der Waals surface area contributed by atoms with Gasteiger partial charge in [0, 0.05) is 38.6 Å². The summed E-state index contributed by atoms with van der Waals surface area (Å²) in [6.45, 7) is 8.18. The zero-order valence-corrected chi connectivity index (χ0v) is 9.07. The number of hydrogen-bond acceptors (Lipinski definition) is 3. The summed E-state index contributed by atoms with van der Waals surface area (Å²) in [4.78, 5) is 15.7. The fourth-order valence-electron chi connectivity index (χ4n) is 1.70. The van der Waals surface area contributed by atoms with Crippen molar-refractivity contribution in [2.24, 2.45) is 5.92 Å². The number of aliphatic hydroxyl groups excluding tert-OH is 1. The number of hydrogen-bond donors (Lipinski definition) is 1. The van der Waals surface area contributed by atoms with E-state index in [9.17, 15) is 4.79 Å². The van der Waals surface area contributed by atoms with Crippen LogP contribution in [0.1, 0.15) is 13.8 Å². The third kappa shape index (κ3) is 2.96. The summed E-state index contributed by atoms with van der Waals surface area (Å²) in [5, 5.41) is 8.76. The minimum absolute atomic E-state index is 0.0967. The molecule has 1 N–H and O–H groups in total. The first kappa shape index (κ1) is 11.5. The second-order valence-corrected chi connectivity index (χ2v) is 4.05. The van der Waals surface area contributed by atoms with E-state index >= 15 is 0 Å². The molecule has 0 spiro atoms. The van der Waals surface area contributed by atoms with Gasteiger partial charge in [-0.15, -0.1) is 0 Å². The van der Waals surface area contributed by atoms with E-state index in [0.29, 0.717) is 0 Å². The van der Waals surface area contributed by atoms with Crippen LogP contribution < -0.4 is 0 Å². The topological polar surface area (TPSA) is 43.8 Å². The predicted octanol–water partition coefficient (Wildman–Crippen LogP) is -0.221. The third-order valence-electron chi connectivity index (χ3n) is 2.59. The summed E-state index contributed by atoms with van der Waals surface area (Å²) in [6, 6.07) is 0. The van der Waals surface area contributed by atoms with Gasteiger partial charge < -0.3 is 10.0 Å². The highest BCUT2D eigenvalue weighted by molar-refractivity contribution is 5.78. The fourth-order valence-corrected chi connectivity index (χ4v) is 1.70. The van der Waals surface area contributed by atoms with Crippen LogP contribution in [-0.2, 0) is 4.79 Å². The number of amides is 1. The number of β-amino-alcohol motifs (C(OH)–C–C–N with tert-alkyl or cyclic N) is 1. The van der Waals surface area contributed by atoms with E-state index in [2.05, 4.69) is 4.90 Å². The summed E-state index contributed by atoms with van der Waals surface area (Å²) >= 11 is 0. The van der Waals surface area contributed by atoms with Gasteiger partial charge in [-0.3, -0.25) is 9.69 Å². The molecule has 1 saturated heterocycles. The first-order valence-corrected chi connectivity index (χ1v) is 5.27. The van der Waals surface area contributed by atoms with E-state index in [1.54, 1.807) is 0 Å². The molecule has 82 valence electrons. The molecule has 0 aromatic heterocycles. The summed E-state index contributed by atoms with van der Waals surface area (Å²) in [7, 11) is 0. The summed E-state index contributed by atoms with van der Waals surface area (Å²) in [5.41, 5.74) is 0. The highest BCUT2D eigenvalue weighted by Crippen LogP contribution is 2.06. The second kappa shape index (κ2) is 5.32. The highest BCUT2D eigenvalue weighted by Gasteiger charge is 2.21. The van der Waals surface area contributed by atoms with Gasteiger partial charge >= 0.3 is 0 Å². The van der Waals surface area contributed by atoms with Crippen molar-refractivity contribution in [2.75, 3.05) is 39.3 Å². The number of aliphatic hydroxyl groups is 1. The van der Waals surface area contributed by atoms with E-state index < -0.39 is 0 Å². The van der Waals surface area contributed by atoms with Gasteiger partial charge in [-0.2, -0.15) is 0 Å². The Morgan fingerprint density at radius 2 is 1.86 bits per heavy atom. The Morgan fingerprint density at radius 3 is 2.29 bits per heavy atom. The SMILES string of the molecule is CC(C)C(=O)N1CCN(CCO)CC1. The second-order valence-electron chi connectivity index (χ2n) is 4.05. The molecule has 14 heavy (non-hydrogen) atoms. The molecular formula is C10H20N2O2. The zero-order chi connectivity index (χ0) is 10.6. The third-order valence-corrected chi connectivity index (χ3v) is 2.59. The van der Waals surface area contributed by atoms with Gasteiger partial charge in [0.1, 0.15) is 0 Å². The maximum absolute atomic E-state index is 11.6. The van der Waals surface area contributed by atoms with Crippen LogP contribution in [0.15, 0.2) is 0 Å². The molecule has 0 unspecified atom stereocenters. The van der Waals surface area contributed by atoms with Crippen molar-refractivity contribution in [3.05, 3.63) is 0 Å². The average molecular weight is 200 g/mol. The van der Waals surface area contributed by atoms with Crippen molar-refractivity contribution < 1.29 is 9.90 Å². The molecule has 0 bridgehead atoms. The van der Waals surface area contributed by atoms with Gasteiger partial charge in [0.15, 0.2) is 0 Å². The van der Waals surface area contributed by atoms with Crippen LogP contribution in [0.3, 0.4) is 0 Å². The van der Waals surface area contributed by atoms with Crippen LogP contribution in [-0.4, -0.2) is 60.1 Å². The lowest BCUT2D eigenvalue weighted by Crippen LogP contribution is -2.50. The Balaban J connectivity index is 2.32. The monoisotopic (exact) mass is 200 g/mol. The lowest BCUT2D eigenvalue weighted by atomic mass is 10.1. The number of carbonyl (C=O) groups is 1. The standard InChI is InChI=1S/C10H20N2O2/c1-9(2)10(14)12-5-3-11(4-6-12)7-8-13/h9,13H,3-8H2,1-2H3. The zero-order valence-electron chi connectivity index (χ0n) is 9.07. The Labute approximate surface area is 85.5 Å². The Hall–Kier alpha value is -0.610. The summed E-state index contributed by atoms with van der Waals surface area (Å²) in [5.74, 6) is 0.341. The molecule has 4 heteroatoms. The smallest absolute Gasteiger partial charge is 0.225 e. The lowest BCUT2D eigenvalue weighted by molar-refractivity contribution is -0.136. The number of piperazine rings is 1. The molecule has 1 heterocycles. The van der Waals surface area contributed by atoms with Gasteiger partial charge in [0.25, 0.3) is 0 Å². The molecule has 0 aromatic carbocycles. The van der Waals surface area contributed by atoms with Gasteiger partial charge in [0.2, 0.25) is 5.91 Å². The Kier molecular flexibility index (Phi) is 4.35. The van der Waals surface area contributed by atoms with E-state index in [-0.39, 0.29) is 18.4 Å². The quantitative estimate of drug-likeness (QED) is 0.685. The first-order chi connectivity index (χ1) is 6.65. The molecule has 4 nitrogen and oxygen atoms in total. The molecule has 0 aliphatic carbocycles. The number of carbonyl (C=O) groups excluding carboxylic acids is 1. The van der Waals surface area contributed by atoms with Gasteiger partial charge in [-0.1, -0.05) is 13.8 Å². The van der Waals surface area contributed by atoms with E-state index in [4.69, 9.17) is 5.11 Å². The predicted molar refractivity (Wildman–Crippen MR) is 54.9 cm³/mol. The minimum atomic E-state index is 0.0967. The Bertz CT molecular complexity index is 187. The van der Waals surface area contributed by atoms with Crippen LogP contribution in [0.2, 0.25) is 0 Å². The van der Waals surface area contributed by atoms with Crippen LogP contribution in [0.25, 0.3) is 0 Å². The lowest BCUT2D eigenvalue weighted by Gasteiger charge is -2.35. The molecule has 1 fully saturated rings. The fraction of sp³-hybridized carbons (Fsp3) is 0.900. The minimum Gasteiger partial charge on any atom is -0.395 e. The van der Waals surface area contributed by atoms with E-state index in [1.165, 1.54) is 0 Å². The molecule has 0 saturated carbocycles. The van der Waals surface area contributed by atoms with Crippen molar-refractivity contribution in [3.8, 4) is 0 Å². The summed E-state index contributed by atoms with van der Waals surface area (Å²) in [6.07, 6.45) is 0. The van der Waals surface area contributed by atoms with Crippen molar-refractivity contribution in [1.29, 1.82) is 0 Å². The van der Waals surface area contributed by atoms with E-state index in [0.717, 1.165) is 32.7 Å². The molecule has 1 rings (SSSR count). The molecule has 1 aliphatic heterocycles. The largest absolute Gasteiger partial charge is 0.395 e. The van der Waals surface area contributed by atoms with Crippen LogP contribution in [0.5, 0.6) is 0 Å². The Morgan fingerprint density at radius 1 is 1.29 bits per heavy atom. The molecular weight excluding hydrogens is 180 g/mol. The number of nitrogens with zero attached hydrogens (tertiary/aromatic N) is 2. The van der Waals surface area contributed by atoms with Crippen LogP contribution >= 0.6 is 0 Å². The normalized spacial score (nSPS) is 19.0. The van der Waals surface area contributed by atoms with Gasteiger partial charge in [-0.25, -0.2) is 0 Å². The van der Waals surface area contributed by atoms with Crippen LogP contribution in [0.4, 0.5) is 0 Å². The van der Waals surface area contributed by atoms with Crippen LogP contribution in [0, 0.1) is 5.92 Å². The van der Waals surface area contributed by atoms with Gasteiger partial charge in [-0.05, 0) is 0 Å². The first-order valence-electron chi connectivity index (χ1n) is 5.27. The molecule has 0 radical (unpaired) electrons. The van der Waals surface area contributed by atoms with Crippen molar-refractivity contribution in [3.63, 3.8) is 0 Å². The highest BCUT2D eigenvalue weighted by atomic mass is 16.3. The maximum atomic E-state index is 11.6. The molecule has 0 aromatic rings. The van der Waals surface area contributed by atoms with Crippen molar-refractivity contribution in [2.45, 2.75) is 13.8 Å².